The molecule has 108 valence electrons. The first kappa shape index (κ1) is 16.5. The molecule has 0 aliphatic carbocycles. The Bertz CT molecular complexity index is 538. The zero-order chi connectivity index (χ0) is 14.8. The maximum absolute atomic E-state index is 12.2. The quantitative estimate of drug-likeness (QED) is 0.720. The van der Waals surface area contributed by atoms with E-state index in [1.165, 1.54) is 12.1 Å². The smallest absolute Gasteiger partial charge is 0.243 e. The highest BCUT2D eigenvalue weighted by Gasteiger charge is 2.26. The maximum atomic E-state index is 12.2. The number of benzene rings is 1. The van der Waals surface area contributed by atoms with Gasteiger partial charge in [-0.2, -0.15) is 0 Å². The summed E-state index contributed by atoms with van der Waals surface area (Å²) < 4.78 is 26.8. The third-order valence-corrected chi connectivity index (χ3v) is 5.01. The molecule has 5 nitrogen and oxygen atoms in total. The Balaban J connectivity index is 3.21. The van der Waals surface area contributed by atoms with Gasteiger partial charge in [0.1, 0.15) is 4.90 Å². The molecule has 19 heavy (non-hydrogen) atoms. The lowest BCUT2D eigenvalue weighted by molar-refractivity contribution is 0.227. The van der Waals surface area contributed by atoms with Gasteiger partial charge in [-0.15, -0.1) is 0 Å². The molecule has 0 saturated heterocycles. The van der Waals surface area contributed by atoms with Gasteiger partial charge >= 0.3 is 0 Å². The van der Waals surface area contributed by atoms with Crippen LogP contribution in [0.4, 0.5) is 5.69 Å². The molecule has 0 aliphatic heterocycles. The number of aliphatic hydroxyl groups is 1. The number of sulfonamides is 1. The monoisotopic (exact) mass is 326 g/mol. The van der Waals surface area contributed by atoms with E-state index in [2.05, 4.69) is 4.72 Å². The van der Waals surface area contributed by atoms with Crippen molar-refractivity contribution in [2.75, 3.05) is 12.3 Å². The van der Waals surface area contributed by atoms with Crippen LogP contribution in [0.1, 0.15) is 13.8 Å². The van der Waals surface area contributed by atoms with E-state index in [9.17, 15) is 13.5 Å². The number of rotatable bonds is 5. The fourth-order valence-corrected chi connectivity index (χ4v) is 4.09. The molecule has 0 aliphatic rings. The Hall–Kier alpha value is -0.530. The van der Waals surface area contributed by atoms with Gasteiger partial charge in [-0.1, -0.05) is 37.0 Å². The minimum Gasteiger partial charge on any atom is -0.399 e. The van der Waals surface area contributed by atoms with E-state index >= 15 is 0 Å². The van der Waals surface area contributed by atoms with Crippen molar-refractivity contribution in [3.8, 4) is 0 Å². The lowest BCUT2D eigenvalue weighted by atomic mass is 10.1. The highest BCUT2D eigenvalue weighted by Crippen LogP contribution is 2.32. The van der Waals surface area contributed by atoms with Crippen LogP contribution in [0.25, 0.3) is 0 Å². The molecular weight excluding hydrogens is 311 g/mol. The Morgan fingerprint density at radius 3 is 2.16 bits per heavy atom. The molecule has 0 aromatic heterocycles. The summed E-state index contributed by atoms with van der Waals surface area (Å²) in [6, 6.07) is 2.01. The SMILES string of the molecule is CC(C)C(CO)NS(=O)(=O)c1c(Cl)cc(N)cc1Cl. The molecule has 0 spiro atoms. The van der Waals surface area contributed by atoms with Gasteiger partial charge in [0.25, 0.3) is 0 Å². The van der Waals surface area contributed by atoms with E-state index in [1.54, 1.807) is 13.8 Å². The van der Waals surface area contributed by atoms with Gasteiger partial charge < -0.3 is 10.8 Å². The summed E-state index contributed by atoms with van der Waals surface area (Å²) in [6.45, 7) is 3.26. The predicted octanol–water partition coefficient (Wildman–Crippen LogP) is 1.87. The first-order valence-electron chi connectivity index (χ1n) is 5.56. The fourth-order valence-electron chi connectivity index (χ4n) is 1.48. The molecule has 0 bridgehead atoms. The van der Waals surface area contributed by atoms with E-state index in [-0.39, 0.29) is 33.2 Å². The lowest BCUT2D eigenvalue weighted by Gasteiger charge is -2.20. The average molecular weight is 327 g/mol. The second kappa shape index (κ2) is 6.28. The Kier molecular flexibility index (Phi) is 5.46. The third kappa shape index (κ3) is 3.97. The first-order chi connectivity index (χ1) is 8.69. The molecule has 0 amide bonds. The Morgan fingerprint density at radius 1 is 1.32 bits per heavy atom. The van der Waals surface area contributed by atoms with E-state index < -0.39 is 16.1 Å². The molecule has 0 heterocycles. The van der Waals surface area contributed by atoms with Gasteiger partial charge in [0.2, 0.25) is 10.0 Å². The first-order valence-corrected chi connectivity index (χ1v) is 7.80. The second-order valence-electron chi connectivity index (χ2n) is 4.47. The van der Waals surface area contributed by atoms with Gasteiger partial charge in [0.05, 0.1) is 16.7 Å². The van der Waals surface area contributed by atoms with Crippen molar-refractivity contribution >= 4 is 38.9 Å². The molecule has 8 heteroatoms. The Morgan fingerprint density at radius 2 is 1.79 bits per heavy atom. The summed E-state index contributed by atoms with van der Waals surface area (Å²) >= 11 is 11.8. The summed E-state index contributed by atoms with van der Waals surface area (Å²) in [5.74, 6) is -0.0777. The van der Waals surface area contributed by atoms with Crippen molar-refractivity contribution < 1.29 is 13.5 Å². The number of nitrogens with one attached hydrogen (secondary N) is 1. The highest BCUT2D eigenvalue weighted by atomic mass is 35.5. The molecule has 1 rings (SSSR count). The van der Waals surface area contributed by atoms with E-state index in [0.717, 1.165) is 0 Å². The van der Waals surface area contributed by atoms with E-state index in [0.29, 0.717) is 0 Å². The zero-order valence-corrected chi connectivity index (χ0v) is 12.9. The third-order valence-electron chi connectivity index (χ3n) is 2.60. The normalized spacial score (nSPS) is 13.8. The van der Waals surface area contributed by atoms with Crippen molar-refractivity contribution in [3.05, 3.63) is 22.2 Å². The van der Waals surface area contributed by atoms with Gasteiger partial charge in [0.15, 0.2) is 0 Å². The summed E-state index contributed by atoms with van der Waals surface area (Å²) in [6.07, 6.45) is 0. The molecule has 1 atom stereocenters. The fraction of sp³-hybridized carbons (Fsp3) is 0.455. The number of anilines is 1. The van der Waals surface area contributed by atoms with Crippen LogP contribution >= 0.6 is 23.2 Å². The van der Waals surface area contributed by atoms with Gasteiger partial charge in [-0.25, -0.2) is 13.1 Å². The van der Waals surface area contributed by atoms with Gasteiger partial charge in [-0.3, -0.25) is 0 Å². The standard InChI is InChI=1S/C11H16Cl2N2O3S/c1-6(2)10(5-16)15-19(17,18)11-8(12)3-7(14)4-9(11)13/h3-4,6,10,15-16H,5,14H2,1-2H3. The second-order valence-corrected chi connectivity index (χ2v) is 6.93. The number of nitrogens with two attached hydrogens (primary N) is 1. The van der Waals surface area contributed by atoms with Crippen molar-refractivity contribution in [1.29, 1.82) is 0 Å². The minimum absolute atomic E-state index is 0.0575. The molecule has 1 aromatic rings. The van der Waals surface area contributed by atoms with Crippen LogP contribution in [0, 0.1) is 5.92 Å². The van der Waals surface area contributed by atoms with Crippen LogP contribution < -0.4 is 10.5 Å². The van der Waals surface area contributed by atoms with Crippen molar-refractivity contribution in [3.63, 3.8) is 0 Å². The molecular formula is C11H16Cl2N2O3S. The van der Waals surface area contributed by atoms with Crippen molar-refractivity contribution in [2.24, 2.45) is 5.92 Å². The van der Waals surface area contributed by atoms with Crippen LogP contribution in [0.15, 0.2) is 17.0 Å². The molecule has 1 unspecified atom stereocenters. The zero-order valence-electron chi connectivity index (χ0n) is 10.5. The molecule has 4 N–H and O–H groups in total. The predicted molar refractivity (Wildman–Crippen MR) is 76.9 cm³/mol. The number of aliphatic hydroxyl groups excluding tert-OH is 1. The van der Waals surface area contributed by atoms with Gasteiger partial charge in [0, 0.05) is 11.7 Å². The maximum Gasteiger partial charge on any atom is 0.243 e. The van der Waals surface area contributed by atoms with Crippen LogP contribution in [-0.2, 0) is 10.0 Å². The summed E-state index contributed by atoms with van der Waals surface area (Å²) in [7, 11) is -3.92. The van der Waals surface area contributed by atoms with Crippen LogP contribution in [0.5, 0.6) is 0 Å². The summed E-state index contributed by atoms with van der Waals surface area (Å²) in [4.78, 5) is -0.232. The summed E-state index contributed by atoms with van der Waals surface area (Å²) in [5, 5.41) is 9.06. The average Bonchev–Trinajstić information content (AvgIpc) is 2.23. The topological polar surface area (TPSA) is 92.4 Å². The number of nitrogen functional groups attached to an aromatic ring is 1. The lowest BCUT2D eigenvalue weighted by Crippen LogP contribution is -2.41. The van der Waals surface area contributed by atoms with E-state index in [4.69, 9.17) is 28.9 Å². The van der Waals surface area contributed by atoms with Crippen molar-refractivity contribution in [2.45, 2.75) is 24.8 Å². The van der Waals surface area contributed by atoms with Crippen molar-refractivity contribution in [1.82, 2.24) is 4.72 Å². The summed E-state index contributed by atoms with van der Waals surface area (Å²) in [5.41, 5.74) is 5.80. The van der Waals surface area contributed by atoms with Crippen LogP contribution in [0.3, 0.4) is 0 Å². The largest absolute Gasteiger partial charge is 0.399 e. The molecule has 1 aromatic carbocycles. The molecule has 0 saturated carbocycles. The molecule has 0 radical (unpaired) electrons. The highest BCUT2D eigenvalue weighted by molar-refractivity contribution is 7.89. The van der Waals surface area contributed by atoms with Crippen LogP contribution in [-0.4, -0.2) is 26.2 Å². The molecule has 0 fully saturated rings. The van der Waals surface area contributed by atoms with Crippen LogP contribution in [0.2, 0.25) is 10.0 Å². The Labute approximate surface area is 122 Å². The number of hydrogen-bond donors (Lipinski definition) is 3. The number of halogens is 2. The van der Waals surface area contributed by atoms with E-state index in [1.807, 2.05) is 0 Å². The number of hydrogen-bond acceptors (Lipinski definition) is 4. The van der Waals surface area contributed by atoms with Gasteiger partial charge in [-0.05, 0) is 18.1 Å². The minimum atomic E-state index is -3.92.